The van der Waals surface area contributed by atoms with Gasteiger partial charge in [-0.3, -0.25) is 19.7 Å². The average molecular weight is 384 g/mol. The molecule has 1 aromatic heterocycles. The van der Waals surface area contributed by atoms with E-state index in [0.717, 1.165) is 12.8 Å². The molecular weight excluding hydrogens is 363 g/mol. The third kappa shape index (κ3) is 4.57. The van der Waals surface area contributed by atoms with Crippen molar-refractivity contribution in [2.45, 2.75) is 26.2 Å². The molecule has 1 aliphatic heterocycles. The first-order chi connectivity index (χ1) is 13.5. The quantitative estimate of drug-likeness (QED) is 0.800. The summed E-state index contributed by atoms with van der Waals surface area (Å²) in [6.07, 6.45) is 5.18. The maximum atomic E-state index is 14.2. The van der Waals surface area contributed by atoms with E-state index >= 15 is 0 Å². The lowest BCUT2D eigenvalue weighted by Crippen LogP contribution is -2.37. The van der Waals surface area contributed by atoms with E-state index in [0.29, 0.717) is 31.4 Å². The van der Waals surface area contributed by atoms with Crippen LogP contribution < -0.4 is 5.32 Å². The molecule has 2 amide bonds. The van der Waals surface area contributed by atoms with Crippen LogP contribution in [0.5, 0.6) is 0 Å². The van der Waals surface area contributed by atoms with Crippen molar-refractivity contribution >= 4 is 24.0 Å². The third-order valence-electron chi connectivity index (χ3n) is 4.90. The number of carbonyl (C=O) groups is 3. The molecule has 0 radical (unpaired) electrons. The van der Waals surface area contributed by atoms with Gasteiger partial charge in [-0.2, -0.15) is 0 Å². The molecule has 0 unspecified atom stereocenters. The summed E-state index contributed by atoms with van der Waals surface area (Å²) < 4.78 is 14.2. The Morgan fingerprint density at radius 3 is 2.54 bits per heavy atom. The van der Waals surface area contributed by atoms with Gasteiger partial charge in [0.25, 0.3) is 0 Å². The van der Waals surface area contributed by atoms with Gasteiger partial charge in [-0.1, -0.05) is 12.1 Å². The first-order valence-corrected chi connectivity index (χ1v) is 9.09. The first kappa shape index (κ1) is 19.6. The zero-order valence-corrected chi connectivity index (χ0v) is 15.5. The Kier molecular flexibility index (Phi) is 6.08. The van der Waals surface area contributed by atoms with E-state index in [4.69, 9.17) is 0 Å². The van der Waals surface area contributed by atoms with Gasteiger partial charge in [0, 0.05) is 50.0 Å². The SMILES string of the molecule is CC(=O)N1CCC(CC(=O)Nc2ncc(-c3cccc(C=O)c3F)cn2)CC1. The number of carbonyl (C=O) groups excluding carboxylic acids is 3. The molecule has 8 heteroatoms. The molecule has 0 spiro atoms. The molecule has 1 fully saturated rings. The lowest BCUT2D eigenvalue weighted by molar-refractivity contribution is -0.130. The minimum Gasteiger partial charge on any atom is -0.343 e. The molecule has 2 heterocycles. The number of benzene rings is 1. The lowest BCUT2D eigenvalue weighted by atomic mass is 9.93. The van der Waals surface area contributed by atoms with E-state index in [1.54, 1.807) is 17.9 Å². The summed E-state index contributed by atoms with van der Waals surface area (Å²) in [7, 11) is 0. The van der Waals surface area contributed by atoms with Crippen molar-refractivity contribution in [2.75, 3.05) is 18.4 Å². The smallest absolute Gasteiger partial charge is 0.229 e. The predicted octanol–water partition coefficient (Wildman–Crippen LogP) is 2.68. The van der Waals surface area contributed by atoms with Crippen LogP contribution in [0.4, 0.5) is 10.3 Å². The second kappa shape index (κ2) is 8.69. The normalized spacial score (nSPS) is 14.6. The molecule has 1 N–H and O–H groups in total. The summed E-state index contributed by atoms with van der Waals surface area (Å²) >= 11 is 0. The van der Waals surface area contributed by atoms with Crippen LogP contribution in [0.15, 0.2) is 30.6 Å². The maximum absolute atomic E-state index is 14.2. The van der Waals surface area contributed by atoms with Crippen molar-refractivity contribution in [1.82, 2.24) is 14.9 Å². The van der Waals surface area contributed by atoms with Gasteiger partial charge in [-0.15, -0.1) is 0 Å². The summed E-state index contributed by atoms with van der Waals surface area (Å²) in [5.74, 6) is -0.402. The average Bonchev–Trinajstić information content (AvgIpc) is 2.69. The topological polar surface area (TPSA) is 92.3 Å². The van der Waals surface area contributed by atoms with E-state index < -0.39 is 5.82 Å². The van der Waals surface area contributed by atoms with Gasteiger partial charge in [0.2, 0.25) is 17.8 Å². The molecule has 146 valence electrons. The van der Waals surface area contributed by atoms with Crippen LogP contribution in [0.2, 0.25) is 0 Å². The van der Waals surface area contributed by atoms with Crippen LogP contribution in [-0.2, 0) is 9.59 Å². The molecule has 1 saturated heterocycles. The highest BCUT2D eigenvalue weighted by Crippen LogP contribution is 2.24. The van der Waals surface area contributed by atoms with Crippen LogP contribution >= 0.6 is 0 Å². The van der Waals surface area contributed by atoms with Gasteiger partial charge in [-0.25, -0.2) is 14.4 Å². The van der Waals surface area contributed by atoms with Crippen molar-refractivity contribution < 1.29 is 18.8 Å². The van der Waals surface area contributed by atoms with Gasteiger partial charge in [-0.05, 0) is 24.8 Å². The second-order valence-corrected chi connectivity index (χ2v) is 6.82. The summed E-state index contributed by atoms with van der Waals surface area (Å²) in [6.45, 7) is 2.89. The fraction of sp³-hybridized carbons (Fsp3) is 0.350. The van der Waals surface area contributed by atoms with E-state index in [-0.39, 0.29) is 34.8 Å². The number of piperidine rings is 1. The molecule has 3 rings (SSSR count). The molecule has 0 saturated carbocycles. The predicted molar refractivity (Wildman–Crippen MR) is 101 cm³/mol. The Labute approximate surface area is 162 Å². The first-order valence-electron chi connectivity index (χ1n) is 9.09. The van der Waals surface area contributed by atoms with E-state index in [2.05, 4.69) is 15.3 Å². The highest BCUT2D eigenvalue weighted by atomic mass is 19.1. The number of nitrogens with zero attached hydrogens (tertiary/aromatic N) is 3. The van der Waals surface area contributed by atoms with E-state index in [1.165, 1.54) is 24.5 Å². The number of halogens is 1. The van der Waals surface area contributed by atoms with Gasteiger partial charge < -0.3 is 4.90 Å². The van der Waals surface area contributed by atoms with Crippen LogP contribution in [0.1, 0.15) is 36.5 Å². The summed E-state index contributed by atoms with van der Waals surface area (Å²) in [6, 6.07) is 4.50. The minimum absolute atomic E-state index is 0.0364. The molecule has 7 nitrogen and oxygen atoms in total. The number of nitrogens with one attached hydrogen (secondary N) is 1. The molecule has 0 bridgehead atoms. The number of aldehydes is 1. The minimum atomic E-state index is -0.630. The molecule has 0 atom stereocenters. The van der Waals surface area contributed by atoms with Crippen molar-refractivity contribution in [3.8, 4) is 11.1 Å². The maximum Gasteiger partial charge on any atom is 0.229 e. The van der Waals surface area contributed by atoms with Gasteiger partial charge in [0.1, 0.15) is 5.82 Å². The highest BCUT2D eigenvalue weighted by molar-refractivity contribution is 5.89. The van der Waals surface area contributed by atoms with E-state index in [1.807, 2.05) is 0 Å². The number of likely N-dealkylation sites (tertiary alicyclic amines) is 1. The number of amides is 2. The van der Waals surface area contributed by atoms with Crippen molar-refractivity contribution in [3.05, 3.63) is 42.0 Å². The Morgan fingerprint density at radius 1 is 1.25 bits per heavy atom. The standard InChI is InChI=1S/C20H21FN4O3/c1-13(27)25-7-5-14(6-8-25)9-18(28)24-20-22-10-16(11-23-20)17-4-2-3-15(12-26)19(17)21/h2-4,10-12,14H,5-9H2,1H3,(H,22,23,24,28). The van der Waals surface area contributed by atoms with Gasteiger partial charge in [0.15, 0.2) is 6.29 Å². The Bertz CT molecular complexity index is 878. The van der Waals surface area contributed by atoms with Crippen molar-refractivity contribution in [2.24, 2.45) is 5.92 Å². The zero-order chi connectivity index (χ0) is 20.1. The molecule has 28 heavy (non-hydrogen) atoms. The fourth-order valence-corrected chi connectivity index (χ4v) is 3.29. The fourth-order valence-electron chi connectivity index (χ4n) is 3.29. The van der Waals surface area contributed by atoms with Crippen molar-refractivity contribution in [3.63, 3.8) is 0 Å². The number of rotatable bonds is 5. The second-order valence-electron chi connectivity index (χ2n) is 6.82. The largest absolute Gasteiger partial charge is 0.343 e. The number of hydrogen-bond donors (Lipinski definition) is 1. The summed E-state index contributed by atoms with van der Waals surface area (Å²) in [5, 5.41) is 2.65. The van der Waals surface area contributed by atoms with Gasteiger partial charge >= 0.3 is 0 Å². The molecule has 2 aromatic rings. The molecule has 1 aromatic carbocycles. The molecule has 1 aliphatic rings. The van der Waals surface area contributed by atoms with Crippen LogP contribution in [0.3, 0.4) is 0 Å². The Morgan fingerprint density at radius 2 is 1.93 bits per heavy atom. The number of anilines is 1. The lowest BCUT2D eigenvalue weighted by Gasteiger charge is -2.30. The number of aromatic nitrogens is 2. The van der Waals surface area contributed by atoms with Gasteiger partial charge in [0.05, 0.1) is 5.56 Å². The third-order valence-corrected chi connectivity index (χ3v) is 4.90. The molecular formula is C20H21FN4O3. The summed E-state index contributed by atoms with van der Waals surface area (Å²) in [4.78, 5) is 44.4. The summed E-state index contributed by atoms with van der Waals surface area (Å²) in [5.41, 5.74) is 0.598. The van der Waals surface area contributed by atoms with Crippen LogP contribution in [-0.4, -0.2) is 46.1 Å². The Hall–Kier alpha value is -3.16. The highest BCUT2D eigenvalue weighted by Gasteiger charge is 2.23. The monoisotopic (exact) mass is 384 g/mol. The molecule has 0 aliphatic carbocycles. The van der Waals surface area contributed by atoms with Crippen LogP contribution in [0, 0.1) is 11.7 Å². The zero-order valence-electron chi connectivity index (χ0n) is 15.5. The Balaban J connectivity index is 1.58. The number of hydrogen-bond acceptors (Lipinski definition) is 5. The van der Waals surface area contributed by atoms with Crippen molar-refractivity contribution in [1.29, 1.82) is 0 Å². The van der Waals surface area contributed by atoms with E-state index in [9.17, 15) is 18.8 Å². The van der Waals surface area contributed by atoms with Crippen LogP contribution in [0.25, 0.3) is 11.1 Å².